The fourth-order valence-electron chi connectivity index (χ4n) is 3.50. The van der Waals surface area contributed by atoms with E-state index in [1.165, 1.54) is 32.4 Å². The number of carbonyl (C=O) groups is 1. The van der Waals surface area contributed by atoms with Crippen molar-refractivity contribution in [3.05, 3.63) is 71.8 Å². The number of aliphatic hydroxyl groups is 2. The zero-order valence-electron chi connectivity index (χ0n) is 16.3. The van der Waals surface area contributed by atoms with Crippen LogP contribution in [0, 0.1) is 0 Å². The maximum absolute atomic E-state index is 11.3. The Bertz CT molecular complexity index is 658. The second-order valence-corrected chi connectivity index (χ2v) is 7.30. The quantitative estimate of drug-likeness (QED) is 0.487. The van der Waals surface area contributed by atoms with E-state index in [0.717, 1.165) is 11.0 Å². The summed E-state index contributed by atoms with van der Waals surface area (Å²) in [6.45, 7) is 3.82. The molecule has 3 rings (SSSR count). The van der Waals surface area contributed by atoms with Crippen LogP contribution in [0.5, 0.6) is 0 Å². The predicted octanol–water partition coefficient (Wildman–Crippen LogP) is 1.90. The molecule has 0 aliphatic carbocycles. The van der Waals surface area contributed by atoms with E-state index in [1.54, 1.807) is 60.7 Å². The lowest BCUT2D eigenvalue weighted by molar-refractivity contribution is -0.914. The van der Waals surface area contributed by atoms with Crippen LogP contribution < -0.4 is 5.11 Å². The first-order chi connectivity index (χ1) is 12.9. The first-order valence-electron chi connectivity index (χ1n) is 9.42. The molecule has 0 radical (unpaired) electrons. The van der Waals surface area contributed by atoms with Crippen LogP contribution in [0.2, 0.25) is 0 Å². The maximum atomic E-state index is 11.3. The summed E-state index contributed by atoms with van der Waals surface area (Å²) in [5.41, 5.74) is -1.54. The molecule has 0 spiro atoms. The van der Waals surface area contributed by atoms with Crippen LogP contribution in [0.1, 0.15) is 30.4 Å². The van der Waals surface area contributed by atoms with Crippen molar-refractivity contribution >= 4 is 29.9 Å². The van der Waals surface area contributed by atoms with Gasteiger partial charge in [-0.25, -0.2) is 0 Å². The zero-order valence-corrected chi connectivity index (χ0v) is 18.6. The Balaban J connectivity index is 0.000000307. The zero-order chi connectivity index (χ0) is 19.8. The highest BCUT2D eigenvalue weighted by Gasteiger charge is 2.32. The van der Waals surface area contributed by atoms with Crippen molar-refractivity contribution in [2.75, 3.05) is 33.3 Å². The van der Waals surface area contributed by atoms with Crippen molar-refractivity contribution in [1.29, 1.82) is 0 Å². The second kappa shape index (κ2) is 11.5. The van der Waals surface area contributed by atoms with E-state index in [0.29, 0.717) is 6.61 Å². The molecule has 0 aromatic heterocycles. The minimum atomic E-state index is -2.11. The summed E-state index contributed by atoms with van der Waals surface area (Å²) in [5, 5.41) is 30.4. The number of likely N-dealkylation sites (N-methyl/N-ethyl adjacent to an activating group) is 1. The van der Waals surface area contributed by atoms with Crippen molar-refractivity contribution in [3.63, 3.8) is 0 Å². The number of quaternary nitrogens is 1. The lowest BCUT2D eigenvalue weighted by atomic mass is 9.86. The number of benzene rings is 2. The van der Waals surface area contributed by atoms with Crippen LogP contribution in [-0.4, -0.2) is 54.0 Å². The van der Waals surface area contributed by atoms with Crippen molar-refractivity contribution < 1.29 is 24.6 Å². The summed E-state index contributed by atoms with van der Waals surface area (Å²) in [7, 11) is 2.25. The van der Waals surface area contributed by atoms with Crippen LogP contribution in [0.3, 0.4) is 0 Å². The molecule has 1 heterocycles. The van der Waals surface area contributed by atoms with E-state index in [2.05, 4.69) is 7.05 Å². The molecule has 2 N–H and O–H groups in total. The fourth-order valence-corrected chi connectivity index (χ4v) is 3.50. The number of aliphatic hydroxyl groups excluding tert-OH is 1. The van der Waals surface area contributed by atoms with Gasteiger partial charge in [0.05, 0.1) is 32.7 Å². The lowest BCUT2D eigenvalue weighted by Gasteiger charge is -2.37. The van der Waals surface area contributed by atoms with Gasteiger partial charge in [-0.1, -0.05) is 60.7 Å². The third kappa shape index (κ3) is 6.27. The van der Waals surface area contributed by atoms with Crippen molar-refractivity contribution in [2.24, 2.45) is 0 Å². The molecule has 1 saturated heterocycles. The van der Waals surface area contributed by atoms with Gasteiger partial charge >= 0.3 is 0 Å². The summed E-state index contributed by atoms with van der Waals surface area (Å²) >= 11 is 0. The third-order valence-corrected chi connectivity index (χ3v) is 5.21. The van der Waals surface area contributed by atoms with Crippen molar-refractivity contribution in [2.45, 2.75) is 24.9 Å². The molecule has 2 aromatic rings. The molecule has 5 nitrogen and oxygen atoms in total. The topological polar surface area (TPSA) is 80.6 Å². The van der Waals surface area contributed by atoms with Crippen molar-refractivity contribution in [1.82, 2.24) is 0 Å². The minimum Gasteiger partial charge on any atom is -0.546 e. The van der Waals surface area contributed by atoms with Crippen molar-refractivity contribution in [3.8, 4) is 0 Å². The molecular weight excluding hydrogens is 469 g/mol. The molecule has 1 fully saturated rings. The lowest BCUT2D eigenvalue weighted by Crippen LogP contribution is -2.49. The number of halogens is 1. The number of carboxylic acids is 1. The largest absolute Gasteiger partial charge is 0.546 e. The number of hydrogen-bond donors (Lipinski definition) is 2. The van der Waals surface area contributed by atoms with E-state index in [-0.39, 0.29) is 35.1 Å². The molecule has 0 atom stereocenters. The van der Waals surface area contributed by atoms with Crippen LogP contribution >= 0.6 is 24.0 Å². The average molecular weight is 499 g/mol. The smallest absolute Gasteiger partial charge is 0.154 e. The van der Waals surface area contributed by atoms with Crippen LogP contribution in [0.25, 0.3) is 0 Å². The van der Waals surface area contributed by atoms with Gasteiger partial charge in [-0.15, -0.1) is 24.0 Å². The molecular formula is C22H30INO4. The number of carboxylic acid groups (broad SMARTS) is 1. The highest BCUT2D eigenvalue weighted by molar-refractivity contribution is 14.0. The van der Waals surface area contributed by atoms with Crippen LogP contribution in [-0.2, 0) is 10.4 Å². The van der Waals surface area contributed by atoms with Gasteiger partial charge in [0.1, 0.15) is 6.54 Å². The number of hydrogen-bond acceptors (Lipinski definition) is 4. The predicted molar refractivity (Wildman–Crippen MR) is 118 cm³/mol. The fraction of sp³-hybridized carbons (Fsp3) is 0.409. The molecule has 0 saturated carbocycles. The summed E-state index contributed by atoms with van der Waals surface area (Å²) in [4.78, 5) is 11.3. The highest BCUT2D eigenvalue weighted by atomic mass is 127. The van der Waals surface area contributed by atoms with E-state index < -0.39 is 11.6 Å². The summed E-state index contributed by atoms with van der Waals surface area (Å²) < 4.78 is 1.09. The van der Waals surface area contributed by atoms with Gasteiger partial charge in [-0.3, -0.25) is 0 Å². The summed E-state index contributed by atoms with van der Waals surface area (Å²) in [6.07, 6.45) is 4.08. The normalized spacial score (nSPS) is 15.5. The Hall–Kier alpha value is -1.48. The van der Waals surface area contributed by atoms with Gasteiger partial charge in [0.15, 0.2) is 5.60 Å². The Kier molecular flexibility index (Phi) is 10.1. The van der Waals surface area contributed by atoms with Gasteiger partial charge in [0.2, 0.25) is 0 Å². The third-order valence-electron chi connectivity index (χ3n) is 5.21. The number of likely N-dealkylation sites (tertiary alicyclic amines) is 1. The van der Waals surface area contributed by atoms with E-state index in [1.807, 2.05) is 0 Å². The summed E-state index contributed by atoms with van der Waals surface area (Å²) in [6, 6.07) is 16.4. The Morgan fingerprint density at radius 3 is 1.75 bits per heavy atom. The molecule has 0 unspecified atom stereocenters. The average Bonchev–Trinajstić information content (AvgIpc) is 2.69. The van der Waals surface area contributed by atoms with Gasteiger partial charge in [0, 0.05) is 0 Å². The molecule has 2 aromatic carbocycles. The Morgan fingerprint density at radius 2 is 1.39 bits per heavy atom. The first kappa shape index (κ1) is 24.6. The standard InChI is InChI=1S/C14H12O3.C8H18NO.HI/c15-13(16)14(17,11-7-3-1-4-8-11)12-9-5-2-6-10-12;1-9(7-8-10)5-3-2-4-6-9;/h1-10,17H,(H,15,16);10H,2-8H2,1H3;1H/q;+1;/p-1. The monoisotopic (exact) mass is 499 g/mol. The molecule has 154 valence electrons. The number of piperidine rings is 1. The molecule has 0 amide bonds. The van der Waals surface area contributed by atoms with Crippen LogP contribution in [0.15, 0.2) is 60.7 Å². The molecule has 1 aliphatic heterocycles. The number of nitrogens with zero attached hydrogens (tertiary/aromatic N) is 1. The highest BCUT2D eigenvalue weighted by Crippen LogP contribution is 2.28. The Morgan fingerprint density at radius 1 is 0.964 bits per heavy atom. The van der Waals surface area contributed by atoms with E-state index >= 15 is 0 Å². The van der Waals surface area contributed by atoms with Gasteiger partial charge in [-0.05, 0) is 30.4 Å². The minimum absolute atomic E-state index is 0. The van der Waals surface area contributed by atoms with E-state index in [4.69, 9.17) is 5.11 Å². The first-order valence-corrected chi connectivity index (χ1v) is 9.42. The summed E-state index contributed by atoms with van der Waals surface area (Å²) in [5.74, 6) is -1.53. The molecule has 0 bridgehead atoms. The number of rotatable bonds is 5. The Labute approximate surface area is 184 Å². The van der Waals surface area contributed by atoms with Gasteiger partial charge < -0.3 is 24.6 Å². The van der Waals surface area contributed by atoms with Crippen LogP contribution in [0.4, 0.5) is 0 Å². The second-order valence-electron chi connectivity index (χ2n) is 7.30. The maximum Gasteiger partial charge on any atom is 0.154 e. The van der Waals surface area contributed by atoms with E-state index in [9.17, 15) is 15.0 Å². The van der Waals surface area contributed by atoms with Gasteiger partial charge in [-0.2, -0.15) is 0 Å². The molecule has 6 heteroatoms. The SMILES string of the molecule is C[N+]1(CCO)CCCCC1.I.O=C([O-])C(O)(c1ccccc1)c1ccccc1. The number of aliphatic carboxylic acids is 1. The molecule has 1 aliphatic rings. The number of carbonyl (C=O) groups excluding carboxylic acids is 1. The molecule has 28 heavy (non-hydrogen) atoms. The van der Waals surface area contributed by atoms with Gasteiger partial charge in [0.25, 0.3) is 0 Å².